The molecule has 1 saturated carbocycles. The van der Waals surface area contributed by atoms with Crippen molar-refractivity contribution >= 4 is 0 Å². The van der Waals surface area contributed by atoms with E-state index in [4.69, 9.17) is 4.52 Å². The first-order chi connectivity index (χ1) is 9.92. The van der Waals surface area contributed by atoms with Crippen molar-refractivity contribution in [2.45, 2.75) is 44.1 Å². The lowest BCUT2D eigenvalue weighted by Crippen LogP contribution is -2.30. The first kappa shape index (κ1) is 12.1. The molecule has 104 valence electrons. The van der Waals surface area contributed by atoms with Crippen molar-refractivity contribution in [1.82, 2.24) is 15.5 Å². The van der Waals surface area contributed by atoms with Gasteiger partial charge in [-0.2, -0.15) is 4.98 Å². The van der Waals surface area contributed by atoms with E-state index < -0.39 is 0 Å². The zero-order valence-corrected chi connectivity index (χ0v) is 11.5. The Labute approximate surface area is 118 Å². The van der Waals surface area contributed by atoms with Gasteiger partial charge in [-0.1, -0.05) is 42.3 Å². The molecule has 20 heavy (non-hydrogen) atoms. The predicted molar refractivity (Wildman–Crippen MR) is 75.5 cm³/mol. The fourth-order valence-corrected chi connectivity index (χ4v) is 3.44. The SMILES string of the molecule is c1ccc2c(c1)CCNC2c1nc(C2CCCC2)no1. The number of hydrogen-bond acceptors (Lipinski definition) is 4. The molecule has 1 aliphatic carbocycles. The Balaban J connectivity index is 1.65. The lowest BCUT2D eigenvalue weighted by atomic mass is 9.94. The van der Waals surface area contributed by atoms with Crippen molar-refractivity contribution in [3.8, 4) is 0 Å². The molecular weight excluding hydrogens is 250 g/mol. The second kappa shape index (κ2) is 5.02. The van der Waals surface area contributed by atoms with E-state index in [-0.39, 0.29) is 6.04 Å². The smallest absolute Gasteiger partial charge is 0.248 e. The van der Waals surface area contributed by atoms with Crippen molar-refractivity contribution in [2.24, 2.45) is 0 Å². The summed E-state index contributed by atoms with van der Waals surface area (Å²) in [5, 5.41) is 7.72. The van der Waals surface area contributed by atoms with E-state index in [1.807, 2.05) is 0 Å². The number of nitrogens with zero attached hydrogens (tertiary/aromatic N) is 2. The molecule has 2 aliphatic rings. The number of hydrogen-bond donors (Lipinski definition) is 1. The van der Waals surface area contributed by atoms with Crippen LogP contribution in [-0.4, -0.2) is 16.7 Å². The van der Waals surface area contributed by atoms with Crippen LogP contribution >= 0.6 is 0 Å². The molecule has 4 rings (SSSR count). The maximum absolute atomic E-state index is 5.55. The molecule has 2 heterocycles. The highest BCUT2D eigenvalue weighted by Gasteiger charge is 2.28. The van der Waals surface area contributed by atoms with Crippen LogP contribution in [0, 0.1) is 0 Å². The average molecular weight is 269 g/mol. The highest BCUT2D eigenvalue weighted by Crippen LogP contribution is 2.34. The summed E-state index contributed by atoms with van der Waals surface area (Å²) in [4.78, 5) is 4.67. The van der Waals surface area contributed by atoms with Crippen LogP contribution < -0.4 is 5.32 Å². The Morgan fingerprint density at radius 1 is 1.15 bits per heavy atom. The van der Waals surface area contributed by atoms with Crippen molar-refractivity contribution in [2.75, 3.05) is 6.54 Å². The quantitative estimate of drug-likeness (QED) is 0.910. The summed E-state index contributed by atoms with van der Waals surface area (Å²) >= 11 is 0. The van der Waals surface area contributed by atoms with E-state index >= 15 is 0 Å². The van der Waals surface area contributed by atoms with Crippen LogP contribution in [0.5, 0.6) is 0 Å². The summed E-state index contributed by atoms with van der Waals surface area (Å²) in [5.74, 6) is 2.13. The molecule has 1 unspecified atom stereocenters. The fraction of sp³-hybridized carbons (Fsp3) is 0.500. The van der Waals surface area contributed by atoms with E-state index in [0.717, 1.165) is 24.7 Å². The molecule has 1 N–H and O–H groups in total. The second-order valence-electron chi connectivity index (χ2n) is 5.81. The molecule has 2 aromatic rings. The lowest BCUT2D eigenvalue weighted by molar-refractivity contribution is 0.338. The highest BCUT2D eigenvalue weighted by atomic mass is 16.5. The maximum atomic E-state index is 5.55. The number of benzene rings is 1. The fourth-order valence-electron chi connectivity index (χ4n) is 3.44. The van der Waals surface area contributed by atoms with Crippen molar-refractivity contribution in [3.05, 3.63) is 47.1 Å². The third kappa shape index (κ3) is 2.04. The summed E-state index contributed by atoms with van der Waals surface area (Å²) < 4.78 is 5.55. The normalized spacial score (nSPS) is 22.9. The van der Waals surface area contributed by atoms with Crippen molar-refractivity contribution < 1.29 is 4.52 Å². The van der Waals surface area contributed by atoms with E-state index in [1.165, 1.54) is 36.8 Å². The van der Waals surface area contributed by atoms with Crippen LogP contribution in [0.3, 0.4) is 0 Å². The molecule has 1 aliphatic heterocycles. The van der Waals surface area contributed by atoms with Gasteiger partial charge in [0.15, 0.2) is 5.82 Å². The van der Waals surface area contributed by atoms with E-state index in [0.29, 0.717) is 5.92 Å². The molecule has 4 nitrogen and oxygen atoms in total. The molecular formula is C16H19N3O. The van der Waals surface area contributed by atoms with Gasteiger partial charge in [0, 0.05) is 12.5 Å². The zero-order valence-electron chi connectivity index (χ0n) is 11.5. The van der Waals surface area contributed by atoms with Crippen LogP contribution in [0.2, 0.25) is 0 Å². The number of aromatic nitrogens is 2. The highest BCUT2D eigenvalue weighted by molar-refractivity contribution is 5.35. The summed E-state index contributed by atoms with van der Waals surface area (Å²) in [6.07, 6.45) is 6.05. The van der Waals surface area contributed by atoms with Gasteiger partial charge in [-0.25, -0.2) is 0 Å². The maximum Gasteiger partial charge on any atom is 0.248 e. The third-order valence-electron chi connectivity index (χ3n) is 4.53. The molecule has 0 amide bonds. The zero-order chi connectivity index (χ0) is 13.4. The average Bonchev–Trinajstić information content (AvgIpc) is 3.17. The Hall–Kier alpha value is -1.68. The van der Waals surface area contributed by atoms with Gasteiger partial charge < -0.3 is 9.84 Å². The first-order valence-electron chi connectivity index (χ1n) is 7.56. The van der Waals surface area contributed by atoms with Gasteiger partial charge in [-0.15, -0.1) is 0 Å². The van der Waals surface area contributed by atoms with Gasteiger partial charge in [0.2, 0.25) is 5.89 Å². The van der Waals surface area contributed by atoms with E-state index in [9.17, 15) is 0 Å². The molecule has 0 radical (unpaired) electrons. The number of rotatable bonds is 2. The minimum atomic E-state index is 0.0580. The Kier molecular flexibility index (Phi) is 3.03. The molecule has 1 atom stereocenters. The van der Waals surface area contributed by atoms with Crippen LogP contribution in [0.4, 0.5) is 0 Å². The summed E-state index contributed by atoms with van der Waals surface area (Å²) in [7, 11) is 0. The third-order valence-corrected chi connectivity index (χ3v) is 4.53. The van der Waals surface area contributed by atoms with Crippen LogP contribution in [0.15, 0.2) is 28.8 Å². The van der Waals surface area contributed by atoms with Crippen molar-refractivity contribution in [3.63, 3.8) is 0 Å². The number of nitrogens with one attached hydrogen (secondary N) is 1. The summed E-state index contributed by atoms with van der Waals surface area (Å²) in [6, 6.07) is 8.58. The van der Waals surface area contributed by atoms with E-state index in [2.05, 4.69) is 39.7 Å². The summed E-state index contributed by atoms with van der Waals surface area (Å²) in [5.41, 5.74) is 2.66. The van der Waals surface area contributed by atoms with Gasteiger partial charge in [-0.3, -0.25) is 0 Å². The molecule has 0 bridgehead atoms. The standard InChI is InChI=1S/C16H19N3O/c1-2-7-12(6-1)15-18-16(20-19-15)14-13-8-4-3-5-11(13)9-10-17-14/h3-5,8,12,14,17H,1-2,6-7,9-10H2. The minimum Gasteiger partial charge on any atom is -0.337 e. The van der Waals surface area contributed by atoms with Crippen LogP contribution in [0.1, 0.15) is 60.5 Å². The Morgan fingerprint density at radius 2 is 2.00 bits per heavy atom. The summed E-state index contributed by atoms with van der Waals surface area (Å²) in [6.45, 7) is 0.961. The van der Waals surface area contributed by atoms with Gasteiger partial charge in [0.05, 0.1) is 0 Å². The number of fused-ring (bicyclic) bond motifs is 1. The van der Waals surface area contributed by atoms with Crippen LogP contribution in [-0.2, 0) is 6.42 Å². The van der Waals surface area contributed by atoms with E-state index in [1.54, 1.807) is 0 Å². The molecule has 1 aromatic heterocycles. The molecule has 0 saturated heterocycles. The first-order valence-corrected chi connectivity index (χ1v) is 7.56. The minimum absolute atomic E-state index is 0.0580. The second-order valence-corrected chi connectivity index (χ2v) is 5.81. The van der Waals surface area contributed by atoms with Gasteiger partial charge >= 0.3 is 0 Å². The monoisotopic (exact) mass is 269 g/mol. The molecule has 4 heteroatoms. The molecule has 1 fully saturated rings. The molecule has 1 aromatic carbocycles. The predicted octanol–water partition coefficient (Wildman–Crippen LogP) is 2.96. The van der Waals surface area contributed by atoms with Crippen molar-refractivity contribution in [1.29, 1.82) is 0 Å². The van der Waals surface area contributed by atoms with Gasteiger partial charge in [0.25, 0.3) is 0 Å². The molecule has 0 spiro atoms. The Bertz CT molecular complexity index is 601. The van der Waals surface area contributed by atoms with Crippen LogP contribution in [0.25, 0.3) is 0 Å². The van der Waals surface area contributed by atoms with Gasteiger partial charge in [0.1, 0.15) is 6.04 Å². The topological polar surface area (TPSA) is 51.0 Å². The van der Waals surface area contributed by atoms with Gasteiger partial charge in [-0.05, 0) is 30.4 Å². The lowest BCUT2D eigenvalue weighted by Gasteiger charge is -2.23. The largest absolute Gasteiger partial charge is 0.337 e. The Morgan fingerprint density at radius 3 is 2.90 bits per heavy atom.